The van der Waals surface area contributed by atoms with E-state index in [4.69, 9.17) is 5.14 Å². The number of H-pyrrole nitrogens is 1. The minimum atomic E-state index is -1.23. The highest BCUT2D eigenvalue weighted by Gasteiger charge is 2.13. The molecule has 0 amide bonds. The minimum absolute atomic E-state index is 0.513. The maximum Gasteiger partial charge on any atom is 0.0891 e. The lowest BCUT2D eigenvalue weighted by Crippen LogP contribution is -2.23. The molecule has 0 spiro atoms. The molecule has 1 atom stereocenters. The molecule has 4 nitrogen and oxygen atoms in total. The summed E-state index contributed by atoms with van der Waals surface area (Å²) in [4.78, 5) is 5.67. The zero-order valence-electron chi connectivity index (χ0n) is 12.3. The molecule has 1 aromatic heterocycles. The van der Waals surface area contributed by atoms with Crippen molar-refractivity contribution in [2.45, 2.75) is 12.8 Å². The topological polar surface area (TPSA) is 62.1 Å². The second-order valence-electron chi connectivity index (χ2n) is 5.66. The Labute approximate surface area is 127 Å². The fourth-order valence-electron chi connectivity index (χ4n) is 2.82. The second-order valence-corrected chi connectivity index (χ2v) is 6.83. The molecule has 2 heterocycles. The van der Waals surface area contributed by atoms with Crippen LogP contribution < -0.4 is 5.14 Å². The van der Waals surface area contributed by atoms with Gasteiger partial charge in [0.2, 0.25) is 0 Å². The first-order chi connectivity index (χ1) is 10.1. The number of benzene rings is 1. The summed E-state index contributed by atoms with van der Waals surface area (Å²) in [5, 5.41) is 6.60. The van der Waals surface area contributed by atoms with Gasteiger partial charge in [-0.3, -0.25) is 5.14 Å². The summed E-state index contributed by atoms with van der Waals surface area (Å²) in [6, 6.07) is 6.38. The van der Waals surface area contributed by atoms with Gasteiger partial charge >= 0.3 is 0 Å². The van der Waals surface area contributed by atoms with Crippen LogP contribution in [0.25, 0.3) is 16.5 Å². The van der Waals surface area contributed by atoms with E-state index in [1.165, 1.54) is 22.1 Å². The molecule has 1 aromatic carbocycles. The number of aryl methyl sites for hydroxylation is 1. The standard InChI is InChI=1S/C16H21N3OS/c1-19-7-4-13(5-8-19)15-11-18-16-3-2-12(10-14(15)16)6-9-21(17)20/h2-4,10-11,18H,5-9,17H2,1H3. The van der Waals surface area contributed by atoms with Gasteiger partial charge in [-0.25, -0.2) is 4.21 Å². The Balaban J connectivity index is 1.92. The minimum Gasteiger partial charge on any atom is -0.361 e. The number of fused-ring (bicyclic) bond motifs is 1. The molecule has 0 saturated heterocycles. The van der Waals surface area contributed by atoms with Crippen LogP contribution in [0.5, 0.6) is 0 Å². The van der Waals surface area contributed by atoms with Crippen molar-refractivity contribution in [3.8, 4) is 0 Å². The van der Waals surface area contributed by atoms with E-state index < -0.39 is 11.0 Å². The third-order valence-corrected chi connectivity index (χ3v) is 4.70. The van der Waals surface area contributed by atoms with Gasteiger partial charge in [-0.2, -0.15) is 0 Å². The molecule has 112 valence electrons. The van der Waals surface area contributed by atoms with Gasteiger partial charge in [-0.1, -0.05) is 12.1 Å². The fourth-order valence-corrected chi connectivity index (χ4v) is 3.26. The summed E-state index contributed by atoms with van der Waals surface area (Å²) in [6.45, 7) is 2.11. The summed E-state index contributed by atoms with van der Waals surface area (Å²) in [7, 11) is 0.918. The normalized spacial score (nSPS) is 17.9. The van der Waals surface area contributed by atoms with Crippen molar-refractivity contribution >= 4 is 27.5 Å². The maximum atomic E-state index is 11.0. The van der Waals surface area contributed by atoms with Crippen LogP contribution in [-0.2, 0) is 17.4 Å². The lowest BCUT2D eigenvalue weighted by atomic mass is 9.98. The van der Waals surface area contributed by atoms with Crippen LogP contribution in [0.2, 0.25) is 0 Å². The molecule has 0 aliphatic carbocycles. The van der Waals surface area contributed by atoms with Crippen molar-refractivity contribution in [2.24, 2.45) is 5.14 Å². The molecule has 3 rings (SSSR count). The zero-order valence-corrected chi connectivity index (χ0v) is 13.1. The molecule has 5 heteroatoms. The van der Waals surface area contributed by atoms with Crippen molar-refractivity contribution in [2.75, 3.05) is 25.9 Å². The van der Waals surface area contributed by atoms with Crippen molar-refractivity contribution in [3.63, 3.8) is 0 Å². The first-order valence-electron chi connectivity index (χ1n) is 7.24. The van der Waals surface area contributed by atoms with Gasteiger partial charge in [-0.15, -0.1) is 0 Å². The number of nitrogens with two attached hydrogens (primary N) is 1. The number of rotatable bonds is 4. The highest BCUT2D eigenvalue weighted by Crippen LogP contribution is 2.29. The smallest absolute Gasteiger partial charge is 0.0891 e. The van der Waals surface area contributed by atoms with Gasteiger partial charge in [0.1, 0.15) is 0 Å². The fraction of sp³-hybridized carbons (Fsp3) is 0.375. The van der Waals surface area contributed by atoms with Crippen LogP contribution in [0.15, 0.2) is 30.5 Å². The van der Waals surface area contributed by atoms with Crippen LogP contribution in [0, 0.1) is 0 Å². The third kappa shape index (κ3) is 3.26. The predicted molar refractivity (Wildman–Crippen MR) is 89.3 cm³/mol. The van der Waals surface area contributed by atoms with E-state index >= 15 is 0 Å². The number of hydrogen-bond donors (Lipinski definition) is 2. The zero-order chi connectivity index (χ0) is 14.8. The Kier molecular flexibility index (Phi) is 4.24. The van der Waals surface area contributed by atoms with Crippen molar-refractivity contribution < 1.29 is 4.21 Å². The van der Waals surface area contributed by atoms with Crippen LogP contribution in [-0.4, -0.2) is 40.0 Å². The average Bonchev–Trinajstić information content (AvgIpc) is 2.89. The average molecular weight is 303 g/mol. The van der Waals surface area contributed by atoms with Gasteiger partial charge in [0.15, 0.2) is 0 Å². The van der Waals surface area contributed by atoms with E-state index in [9.17, 15) is 4.21 Å². The molecule has 1 aliphatic heterocycles. The number of aromatic nitrogens is 1. The lowest BCUT2D eigenvalue weighted by Gasteiger charge is -2.21. The number of nitrogens with zero attached hydrogens (tertiary/aromatic N) is 1. The number of hydrogen-bond acceptors (Lipinski definition) is 2. The molecule has 0 fully saturated rings. The first kappa shape index (κ1) is 14.5. The first-order valence-corrected chi connectivity index (χ1v) is 8.62. The third-order valence-electron chi connectivity index (χ3n) is 4.10. The maximum absolute atomic E-state index is 11.0. The van der Waals surface area contributed by atoms with Gasteiger partial charge in [0.05, 0.1) is 11.0 Å². The predicted octanol–water partition coefficient (Wildman–Crippen LogP) is 2.05. The number of nitrogens with one attached hydrogen (secondary N) is 1. The quantitative estimate of drug-likeness (QED) is 0.908. The summed E-state index contributed by atoms with van der Waals surface area (Å²) < 4.78 is 11.0. The summed E-state index contributed by atoms with van der Waals surface area (Å²) >= 11 is 0. The Bertz CT molecular complexity index is 705. The molecule has 0 saturated carbocycles. The molecular formula is C16H21N3OS. The van der Waals surface area contributed by atoms with Gasteiger partial charge in [-0.05, 0) is 43.2 Å². The van der Waals surface area contributed by atoms with E-state index in [0.717, 1.165) is 31.4 Å². The van der Waals surface area contributed by atoms with E-state index in [0.29, 0.717) is 5.75 Å². The van der Waals surface area contributed by atoms with Crippen molar-refractivity contribution in [3.05, 3.63) is 41.6 Å². The highest BCUT2D eigenvalue weighted by atomic mass is 32.2. The van der Waals surface area contributed by atoms with Gasteiger partial charge < -0.3 is 9.88 Å². The number of likely N-dealkylation sites (N-methyl/N-ethyl adjacent to an activating group) is 1. The van der Waals surface area contributed by atoms with E-state index in [2.05, 4.69) is 47.4 Å². The molecule has 2 aromatic rings. The molecule has 21 heavy (non-hydrogen) atoms. The summed E-state index contributed by atoms with van der Waals surface area (Å²) in [5.74, 6) is 0.513. The van der Waals surface area contributed by atoms with Crippen molar-refractivity contribution in [1.82, 2.24) is 9.88 Å². The Morgan fingerprint density at radius 1 is 1.43 bits per heavy atom. The molecule has 0 bridgehead atoms. The van der Waals surface area contributed by atoms with Gasteiger partial charge in [0.25, 0.3) is 0 Å². The van der Waals surface area contributed by atoms with Crippen LogP contribution >= 0.6 is 0 Å². The largest absolute Gasteiger partial charge is 0.361 e. The molecule has 1 unspecified atom stereocenters. The monoisotopic (exact) mass is 303 g/mol. The van der Waals surface area contributed by atoms with Crippen molar-refractivity contribution in [1.29, 1.82) is 0 Å². The number of aromatic amines is 1. The molecule has 0 radical (unpaired) electrons. The Hall–Kier alpha value is -1.43. The molecular weight excluding hydrogens is 282 g/mol. The summed E-state index contributed by atoms with van der Waals surface area (Å²) in [5.41, 5.74) is 5.06. The van der Waals surface area contributed by atoms with E-state index in [1.54, 1.807) is 0 Å². The molecule has 3 N–H and O–H groups in total. The highest BCUT2D eigenvalue weighted by molar-refractivity contribution is 7.82. The SMILES string of the molecule is CN1CC=C(c2c[nH]c3ccc(CCS(N)=O)cc23)CC1. The van der Waals surface area contributed by atoms with E-state index in [1.807, 2.05) is 0 Å². The van der Waals surface area contributed by atoms with E-state index in [-0.39, 0.29) is 0 Å². The Morgan fingerprint density at radius 3 is 3.00 bits per heavy atom. The van der Waals surface area contributed by atoms with Crippen LogP contribution in [0.1, 0.15) is 17.5 Å². The Morgan fingerprint density at radius 2 is 2.29 bits per heavy atom. The summed E-state index contributed by atoms with van der Waals surface area (Å²) in [6.07, 6.45) is 6.26. The molecule has 1 aliphatic rings. The van der Waals surface area contributed by atoms with Crippen LogP contribution in [0.4, 0.5) is 0 Å². The lowest BCUT2D eigenvalue weighted by molar-refractivity contribution is 0.370. The van der Waals surface area contributed by atoms with Crippen LogP contribution in [0.3, 0.4) is 0 Å². The van der Waals surface area contributed by atoms with Gasteiger partial charge in [0, 0.05) is 41.5 Å². The second kappa shape index (κ2) is 6.13.